The van der Waals surface area contributed by atoms with E-state index < -0.39 is 5.97 Å². The Labute approximate surface area is 139 Å². The molecule has 0 saturated heterocycles. The highest BCUT2D eigenvalue weighted by atomic mass is 16.6. The van der Waals surface area contributed by atoms with Gasteiger partial charge in [-0.2, -0.15) is 0 Å². The molecule has 2 aromatic carbocycles. The summed E-state index contributed by atoms with van der Waals surface area (Å²) < 4.78 is 21.7. The van der Waals surface area contributed by atoms with Crippen molar-refractivity contribution in [3.8, 4) is 11.5 Å². The summed E-state index contributed by atoms with van der Waals surface area (Å²) in [5.74, 6) is 0.740. The van der Waals surface area contributed by atoms with Gasteiger partial charge in [-0.15, -0.1) is 0 Å². The normalized spacial score (nSPS) is 10.6. The van der Waals surface area contributed by atoms with E-state index in [2.05, 4.69) is 0 Å². The number of carbonyl (C=O) groups is 1. The second-order valence-electron chi connectivity index (χ2n) is 5.11. The maximum absolute atomic E-state index is 12.1. The van der Waals surface area contributed by atoms with E-state index in [0.717, 1.165) is 16.7 Å². The van der Waals surface area contributed by atoms with Crippen LogP contribution in [0.1, 0.15) is 23.0 Å². The number of rotatable bonds is 6. The number of hydrogen-bond acceptors (Lipinski definition) is 5. The third-order valence-corrected chi connectivity index (χ3v) is 3.55. The Bertz CT molecular complexity index is 833. The molecule has 24 heavy (non-hydrogen) atoms. The first-order valence-electron chi connectivity index (χ1n) is 7.67. The highest BCUT2D eigenvalue weighted by Crippen LogP contribution is 2.34. The molecule has 1 heterocycles. The topological polar surface area (TPSA) is 57.9 Å². The molecule has 0 fully saturated rings. The molecule has 0 aliphatic rings. The predicted octanol–water partition coefficient (Wildman–Crippen LogP) is 4.20. The van der Waals surface area contributed by atoms with E-state index in [1.165, 1.54) is 0 Å². The molecule has 3 rings (SSSR count). The van der Waals surface area contributed by atoms with Crippen molar-refractivity contribution in [1.29, 1.82) is 0 Å². The molecular formula is C19H18O5. The van der Waals surface area contributed by atoms with Gasteiger partial charge in [0.25, 0.3) is 5.76 Å². The lowest BCUT2D eigenvalue weighted by Gasteiger charge is -2.07. The molecule has 0 aliphatic carbocycles. The second kappa shape index (κ2) is 7.08. The van der Waals surface area contributed by atoms with E-state index in [1.807, 2.05) is 42.5 Å². The van der Waals surface area contributed by atoms with Crippen LogP contribution in [0, 0.1) is 0 Å². The van der Waals surface area contributed by atoms with E-state index in [9.17, 15) is 4.79 Å². The van der Waals surface area contributed by atoms with Crippen molar-refractivity contribution < 1.29 is 23.4 Å². The lowest BCUT2D eigenvalue weighted by Crippen LogP contribution is -2.06. The zero-order chi connectivity index (χ0) is 16.9. The summed E-state index contributed by atoms with van der Waals surface area (Å²) in [4.78, 5) is 12.1. The first kappa shape index (κ1) is 15.9. The van der Waals surface area contributed by atoms with Crippen molar-refractivity contribution in [2.45, 2.75) is 13.5 Å². The molecule has 0 spiro atoms. The molecular weight excluding hydrogens is 308 g/mol. The molecule has 0 N–H and O–H groups in total. The first-order chi connectivity index (χ1) is 11.7. The molecule has 5 nitrogen and oxygen atoms in total. The molecule has 0 unspecified atom stereocenters. The molecule has 3 aromatic rings. The van der Waals surface area contributed by atoms with Gasteiger partial charge in [-0.3, -0.25) is 0 Å². The maximum atomic E-state index is 12.1. The van der Waals surface area contributed by atoms with Crippen LogP contribution >= 0.6 is 0 Å². The lowest BCUT2D eigenvalue weighted by atomic mass is 10.2. The van der Waals surface area contributed by atoms with E-state index in [0.29, 0.717) is 17.9 Å². The van der Waals surface area contributed by atoms with Crippen molar-refractivity contribution in [1.82, 2.24) is 0 Å². The first-order valence-corrected chi connectivity index (χ1v) is 7.67. The Morgan fingerprint density at radius 2 is 1.83 bits per heavy atom. The van der Waals surface area contributed by atoms with Gasteiger partial charge in [0.05, 0.1) is 19.1 Å². The van der Waals surface area contributed by atoms with Crippen LogP contribution in [0.5, 0.6) is 11.5 Å². The number of furan rings is 1. The molecule has 0 aliphatic heterocycles. The summed E-state index contributed by atoms with van der Waals surface area (Å²) in [6.45, 7) is 2.33. The largest absolute Gasteiger partial charge is 0.497 e. The molecule has 0 saturated carbocycles. The number of carbonyl (C=O) groups excluding carboxylic acids is 1. The van der Waals surface area contributed by atoms with Crippen molar-refractivity contribution in [3.63, 3.8) is 0 Å². The monoisotopic (exact) mass is 326 g/mol. The Kier molecular flexibility index (Phi) is 4.70. The zero-order valence-electron chi connectivity index (χ0n) is 13.6. The fraction of sp³-hybridized carbons (Fsp3) is 0.211. The summed E-state index contributed by atoms with van der Waals surface area (Å²) in [6.07, 6.45) is 0. The van der Waals surface area contributed by atoms with E-state index >= 15 is 0 Å². The minimum atomic E-state index is -0.529. The molecule has 0 radical (unpaired) electrons. The summed E-state index contributed by atoms with van der Waals surface area (Å²) >= 11 is 0. The molecule has 124 valence electrons. The van der Waals surface area contributed by atoms with Crippen LogP contribution in [0.2, 0.25) is 0 Å². The van der Waals surface area contributed by atoms with Gasteiger partial charge in [-0.1, -0.05) is 24.3 Å². The van der Waals surface area contributed by atoms with Gasteiger partial charge in [0.15, 0.2) is 5.75 Å². The average Bonchev–Trinajstić information content (AvgIpc) is 2.99. The summed E-state index contributed by atoms with van der Waals surface area (Å²) in [6, 6.07) is 14.9. The Hall–Kier alpha value is -2.95. The van der Waals surface area contributed by atoms with Crippen LogP contribution in [0.25, 0.3) is 11.0 Å². The van der Waals surface area contributed by atoms with E-state index in [4.69, 9.17) is 18.6 Å². The number of benzene rings is 2. The quantitative estimate of drug-likeness (QED) is 0.636. The van der Waals surface area contributed by atoms with Crippen molar-refractivity contribution >= 4 is 16.9 Å². The summed E-state index contributed by atoms with van der Waals surface area (Å²) in [5.41, 5.74) is 1.54. The molecule has 0 atom stereocenters. The minimum absolute atomic E-state index is 0.0894. The van der Waals surface area contributed by atoms with Gasteiger partial charge in [0.2, 0.25) is 0 Å². The number of methoxy groups -OCH3 is 1. The fourth-order valence-electron chi connectivity index (χ4n) is 2.37. The molecule has 5 heteroatoms. The molecule has 0 amide bonds. The highest BCUT2D eigenvalue weighted by molar-refractivity contribution is 5.98. The van der Waals surface area contributed by atoms with Crippen LogP contribution in [-0.4, -0.2) is 19.7 Å². The SMILES string of the molecule is CCOC(=O)c1oc2ccccc2c1OCc1ccc(OC)cc1. The minimum Gasteiger partial charge on any atom is -0.497 e. The van der Waals surface area contributed by atoms with Gasteiger partial charge in [0.1, 0.15) is 17.9 Å². The Balaban J connectivity index is 1.88. The predicted molar refractivity (Wildman–Crippen MR) is 89.5 cm³/mol. The van der Waals surface area contributed by atoms with Gasteiger partial charge in [0, 0.05) is 0 Å². The van der Waals surface area contributed by atoms with Crippen molar-refractivity contribution in [3.05, 3.63) is 59.9 Å². The molecule has 0 bridgehead atoms. The van der Waals surface area contributed by atoms with Gasteiger partial charge < -0.3 is 18.6 Å². The fourth-order valence-corrected chi connectivity index (χ4v) is 2.37. The number of fused-ring (bicyclic) bond motifs is 1. The third kappa shape index (κ3) is 3.20. The third-order valence-electron chi connectivity index (χ3n) is 3.55. The van der Waals surface area contributed by atoms with Crippen LogP contribution in [0.3, 0.4) is 0 Å². The number of hydrogen-bond donors (Lipinski definition) is 0. The zero-order valence-corrected chi connectivity index (χ0v) is 13.6. The van der Waals surface area contributed by atoms with Crippen LogP contribution < -0.4 is 9.47 Å². The molecule has 1 aromatic heterocycles. The number of esters is 1. The number of ether oxygens (including phenoxy) is 3. The van der Waals surface area contributed by atoms with E-state index in [1.54, 1.807) is 20.1 Å². The van der Waals surface area contributed by atoms with Gasteiger partial charge in [-0.25, -0.2) is 4.79 Å². The van der Waals surface area contributed by atoms with Gasteiger partial charge >= 0.3 is 5.97 Å². The van der Waals surface area contributed by atoms with Crippen molar-refractivity contribution in [2.75, 3.05) is 13.7 Å². The highest BCUT2D eigenvalue weighted by Gasteiger charge is 2.23. The average molecular weight is 326 g/mol. The Morgan fingerprint density at radius 1 is 1.08 bits per heavy atom. The van der Waals surface area contributed by atoms with Crippen LogP contribution in [-0.2, 0) is 11.3 Å². The van der Waals surface area contributed by atoms with Crippen molar-refractivity contribution in [2.24, 2.45) is 0 Å². The lowest BCUT2D eigenvalue weighted by molar-refractivity contribution is 0.0486. The Morgan fingerprint density at radius 3 is 2.54 bits per heavy atom. The van der Waals surface area contributed by atoms with E-state index in [-0.39, 0.29) is 12.4 Å². The maximum Gasteiger partial charge on any atom is 0.378 e. The van der Waals surface area contributed by atoms with Crippen LogP contribution in [0.15, 0.2) is 52.9 Å². The smallest absolute Gasteiger partial charge is 0.378 e. The van der Waals surface area contributed by atoms with Crippen LogP contribution in [0.4, 0.5) is 0 Å². The standard InChI is InChI=1S/C19H18O5/c1-3-22-19(20)18-17(15-6-4-5-7-16(15)24-18)23-12-13-8-10-14(21-2)11-9-13/h4-11H,3,12H2,1-2H3. The van der Waals surface area contributed by atoms with Gasteiger partial charge in [-0.05, 0) is 36.8 Å². The summed E-state index contributed by atoms with van der Waals surface area (Å²) in [5, 5.41) is 0.745. The summed E-state index contributed by atoms with van der Waals surface area (Å²) in [7, 11) is 1.62. The second-order valence-corrected chi connectivity index (χ2v) is 5.11. The number of para-hydroxylation sites is 1.